The fourth-order valence-electron chi connectivity index (χ4n) is 3.76. The van der Waals surface area contributed by atoms with Crippen LogP contribution in [0.5, 0.6) is 0 Å². The van der Waals surface area contributed by atoms with Crippen molar-refractivity contribution in [3.63, 3.8) is 0 Å². The fourth-order valence-corrected chi connectivity index (χ4v) is 3.76. The van der Waals surface area contributed by atoms with Gasteiger partial charge in [-0.2, -0.15) is 0 Å². The Kier molecular flexibility index (Phi) is 2.10. The SMILES string of the molecule is CN1CCC2(C1)CN(C1CCCC1)C2. The van der Waals surface area contributed by atoms with Gasteiger partial charge in [0, 0.05) is 31.1 Å². The molecule has 0 radical (unpaired) electrons. The van der Waals surface area contributed by atoms with Crippen LogP contribution in [0, 0.1) is 5.41 Å². The molecule has 2 heterocycles. The third-order valence-electron chi connectivity index (χ3n) is 4.55. The number of likely N-dealkylation sites (tertiary alicyclic amines) is 2. The maximum Gasteiger partial charge on any atom is 0.00970 e. The zero-order valence-corrected chi connectivity index (χ0v) is 9.34. The lowest BCUT2D eigenvalue weighted by molar-refractivity contribution is -0.0210. The van der Waals surface area contributed by atoms with Gasteiger partial charge in [-0.25, -0.2) is 0 Å². The molecule has 1 saturated carbocycles. The first kappa shape index (κ1) is 9.17. The van der Waals surface area contributed by atoms with Crippen molar-refractivity contribution in [2.45, 2.75) is 38.1 Å². The van der Waals surface area contributed by atoms with Gasteiger partial charge in [0.05, 0.1) is 0 Å². The molecule has 0 N–H and O–H groups in total. The van der Waals surface area contributed by atoms with Gasteiger partial charge in [-0.3, -0.25) is 4.90 Å². The van der Waals surface area contributed by atoms with E-state index in [1.165, 1.54) is 58.3 Å². The van der Waals surface area contributed by atoms with Crippen LogP contribution in [0.4, 0.5) is 0 Å². The molecule has 3 rings (SSSR count). The van der Waals surface area contributed by atoms with Gasteiger partial charge in [0.15, 0.2) is 0 Å². The summed E-state index contributed by atoms with van der Waals surface area (Å²) in [7, 11) is 2.27. The van der Waals surface area contributed by atoms with Crippen LogP contribution in [0.25, 0.3) is 0 Å². The summed E-state index contributed by atoms with van der Waals surface area (Å²) in [6.45, 7) is 5.50. The zero-order valence-electron chi connectivity index (χ0n) is 9.34. The van der Waals surface area contributed by atoms with E-state index in [0.717, 1.165) is 11.5 Å². The van der Waals surface area contributed by atoms with Crippen LogP contribution in [-0.4, -0.2) is 49.1 Å². The third kappa shape index (κ3) is 1.40. The molecule has 1 spiro atoms. The minimum Gasteiger partial charge on any atom is -0.306 e. The van der Waals surface area contributed by atoms with E-state index in [2.05, 4.69) is 16.8 Å². The largest absolute Gasteiger partial charge is 0.306 e. The molecule has 2 aliphatic heterocycles. The van der Waals surface area contributed by atoms with Crippen LogP contribution in [0.1, 0.15) is 32.1 Å². The van der Waals surface area contributed by atoms with Gasteiger partial charge < -0.3 is 4.90 Å². The lowest BCUT2D eigenvalue weighted by Gasteiger charge is -2.51. The van der Waals surface area contributed by atoms with E-state index in [9.17, 15) is 0 Å². The summed E-state index contributed by atoms with van der Waals surface area (Å²) in [5.41, 5.74) is 0.720. The van der Waals surface area contributed by atoms with Gasteiger partial charge in [0.25, 0.3) is 0 Å². The predicted molar refractivity (Wildman–Crippen MR) is 58.4 cm³/mol. The molecule has 0 unspecified atom stereocenters. The quantitative estimate of drug-likeness (QED) is 0.625. The molecule has 0 atom stereocenters. The summed E-state index contributed by atoms with van der Waals surface area (Å²) >= 11 is 0. The molecule has 2 saturated heterocycles. The summed E-state index contributed by atoms with van der Waals surface area (Å²) in [4.78, 5) is 5.26. The average molecular weight is 194 g/mol. The van der Waals surface area contributed by atoms with Crippen molar-refractivity contribution >= 4 is 0 Å². The van der Waals surface area contributed by atoms with E-state index in [0.29, 0.717) is 0 Å². The van der Waals surface area contributed by atoms with E-state index >= 15 is 0 Å². The first-order valence-electron chi connectivity index (χ1n) is 6.20. The van der Waals surface area contributed by atoms with Crippen LogP contribution in [0.15, 0.2) is 0 Å². The van der Waals surface area contributed by atoms with E-state index < -0.39 is 0 Å². The second-order valence-electron chi connectivity index (χ2n) is 5.83. The summed E-state index contributed by atoms with van der Waals surface area (Å²) in [6.07, 6.45) is 7.37. The molecule has 0 aromatic rings. The van der Waals surface area contributed by atoms with Crippen molar-refractivity contribution in [3.8, 4) is 0 Å². The average Bonchev–Trinajstić information content (AvgIpc) is 2.68. The molecular weight excluding hydrogens is 172 g/mol. The Morgan fingerprint density at radius 2 is 1.79 bits per heavy atom. The van der Waals surface area contributed by atoms with Crippen LogP contribution in [0.3, 0.4) is 0 Å². The highest BCUT2D eigenvalue weighted by molar-refractivity contribution is 5.02. The minimum absolute atomic E-state index is 0.720. The maximum atomic E-state index is 2.76. The van der Waals surface area contributed by atoms with Gasteiger partial charge in [-0.05, 0) is 32.9 Å². The van der Waals surface area contributed by atoms with Crippen molar-refractivity contribution in [1.82, 2.24) is 9.80 Å². The molecule has 0 aromatic carbocycles. The van der Waals surface area contributed by atoms with Crippen LogP contribution in [-0.2, 0) is 0 Å². The molecule has 1 aliphatic carbocycles. The number of hydrogen-bond donors (Lipinski definition) is 0. The normalized spacial score (nSPS) is 34.1. The highest BCUT2D eigenvalue weighted by Crippen LogP contribution is 2.42. The molecule has 80 valence electrons. The molecule has 0 amide bonds. The van der Waals surface area contributed by atoms with Crippen molar-refractivity contribution in [2.75, 3.05) is 33.2 Å². The highest BCUT2D eigenvalue weighted by Gasteiger charge is 2.48. The number of nitrogens with zero attached hydrogens (tertiary/aromatic N) is 2. The Morgan fingerprint density at radius 3 is 2.36 bits per heavy atom. The molecule has 3 fully saturated rings. The first-order chi connectivity index (χ1) is 6.77. The summed E-state index contributed by atoms with van der Waals surface area (Å²) < 4.78 is 0. The van der Waals surface area contributed by atoms with Crippen molar-refractivity contribution in [2.24, 2.45) is 5.41 Å². The summed E-state index contributed by atoms with van der Waals surface area (Å²) in [5.74, 6) is 0. The summed E-state index contributed by atoms with van der Waals surface area (Å²) in [6, 6.07) is 0.964. The van der Waals surface area contributed by atoms with Gasteiger partial charge in [-0.15, -0.1) is 0 Å². The van der Waals surface area contributed by atoms with Crippen molar-refractivity contribution in [1.29, 1.82) is 0 Å². The Bertz CT molecular complexity index is 214. The molecular formula is C12H22N2. The number of hydrogen-bond acceptors (Lipinski definition) is 2. The second-order valence-corrected chi connectivity index (χ2v) is 5.83. The van der Waals surface area contributed by atoms with Crippen molar-refractivity contribution < 1.29 is 0 Å². The van der Waals surface area contributed by atoms with Crippen molar-refractivity contribution in [3.05, 3.63) is 0 Å². The van der Waals surface area contributed by atoms with Gasteiger partial charge in [0.1, 0.15) is 0 Å². The Hall–Kier alpha value is -0.0800. The number of rotatable bonds is 1. The van der Waals surface area contributed by atoms with Gasteiger partial charge in [0.2, 0.25) is 0 Å². The van der Waals surface area contributed by atoms with E-state index in [1.807, 2.05) is 0 Å². The van der Waals surface area contributed by atoms with Gasteiger partial charge in [-0.1, -0.05) is 12.8 Å². The second kappa shape index (κ2) is 3.21. The van der Waals surface area contributed by atoms with Crippen LogP contribution >= 0.6 is 0 Å². The van der Waals surface area contributed by atoms with E-state index in [4.69, 9.17) is 0 Å². The molecule has 0 aromatic heterocycles. The smallest absolute Gasteiger partial charge is 0.00970 e. The third-order valence-corrected chi connectivity index (χ3v) is 4.55. The maximum absolute atomic E-state index is 2.76. The Morgan fingerprint density at radius 1 is 1.07 bits per heavy atom. The summed E-state index contributed by atoms with van der Waals surface area (Å²) in [5, 5.41) is 0. The Labute approximate surface area is 87.3 Å². The van der Waals surface area contributed by atoms with E-state index in [1.54, 1.807) is 0 Å². The zero-order chi connectivity index (χ0) is 9.60. The monoisotopic (exact) mass is 194 g/mol. The fraction of sp³-hybridized carbons (Fsp3) is 1.00. The van der Waals surface area contributed by atoms with Crippen LogP contribution < -0.4 is 0 Å². The molecule has 2 nitrogen and oxygen atoms in total. The van der Waals surface area contributed by atoms with E-state index in [-0.39, 0.29) is 0 Å². The predicted octanol–water partition coefficient (Wildman–Crippen LogP) is 1.57. The Balaban J connectivity index is 1.55. The van der Waals surface area contributed by atoms with Crippen LogP contribution in [0.2, 0.25) is 0 Å². The first-order valence-corrected chi connectivity index (χ1v) is 6.20. The lowest BCUT2D eigenvalue weighted by Crippen LogP contribution is -2.60. The van der Waals surface area contributed by atoms with Gasteiger partial charge >= 0.3 is 0 Å². The highest BCUT2D eigenvalue weighted by atomic mass is 15.3. The minimum atomic E-state index is 0.720. The standard InChI is InChI=1S/C12H22N2/c1-13-7-6-12(8-13)9-14(10-12)11-4-2-3-5-11/h11H,2-10H2,1H3. The molecule has 0 bridgehead atoms. The molecule has 2 heteroatoms. The topological polar surface area (TPSA) is 6.48 Å². The molecule has 3 aliphatic rings. The molecule has 14 heavy (non-hydrogen) atoms. The lowest BCUT2D eigenvalue weighted by atomic mass is 9.78.